The molecule has 0 bridgehead atoms. The minimum absolute atomic E-state index is 0.167. The highest BCUT2D eigenvalue weighted by molar-refractivity contribution is 5.58. The average Bonchev–Trinajstić information content (AvgIpc) is 2.96. The van der Waals surface area contributed by atoms with Gasteiger partial charge in [-0.15, -0.1) is 10.2 Å². The Labute approximate surface area is 119 Å². The number of anilines is 1. The van der Waals surface area contributed by atoms with E-state index in [-0.39, 0.29) is 17.6 Å². The van der Waals surface area contributed by atoms with Gasteiger partial charge in [-0.2, -0.15) is 0 Å². The van der Waals surface area contributed by atoms with Crippen LogP contribution in [0, 0.1) is 5.82 Å². The molecule has 6 nitrogen and oxygen atoms in total. The number of rotatable bonds is 4. The van der Waals surface area contributed by atoms with Crippen molar-refractivity contribution in [2.24, 2.45) is 0 Å². The first-order valence-corrected chi connectivity index (χ1v) is 6.18. The Morgan fingerprint density at radius 1 is 1.14 bits per heavy atom. The monoisotopic (exact) mass is 286 g/mol. The number of benzene rings is 1. The third-order valence-electron chi connectivity index (χ3n) is 2.77. The minimum atomic E-state index is -0.298. The molecule has 0 unspecified atom stereocenters. The van der Waals surface area contributed by atoms with Gasteiger partial charge in [0.25, 0.3) is 5.89 Å². The molecule has 2 aromatic heterocycles. The van der Waals surface area contributed by atoms with Gasteiger partial charge in [-0.05, 0) is 36.4 Å². The highest BCUT2D eigenvalue weighted by atomic mass is 19.1. The Hall–Kier alpha value is -2.96. The zero-order valence-corrected chi connectivity index (χ0v) is 10.8. The summed E-state index contributed by atoms with van der Waals surface area (Å²) < 4.78 is 18.2. The lowest BCUT2D eigenvalue weighted by molar-refractivity contribution is 0.449. The van der Waals surface area contributed by atoms with Gasteiger partial charge in [0, 0.05) is 11.9 Å². The van der Waals surface area contributed by atoms with Gasteiger partial charge in [0.05, 0.1) is 6.54 Å². The predicted octanol–water partition coefficient (Wildman–Crippen LogP) is 2.59. The number of hydrogen-bond acceptors (Lipinski definition) is 6. The molecule has 0 atom stereocenters. The summed E-state index contributed by atoms with van der Waals surface area (Å²) in [7, 11) is 0. The van der Waals surface area contributed by atoms with Crippen molar-refractivity contribution >= 4 is 5.69 Å². The summed E-state index contributed by atoms with van der Waals surface area (Å²) in [5.41, 5.74) is 1.11. The molecule has 2 N–H and O–H groups in total. The molecule has 0 aliphatic carbocycles. The number of hydrogen-bond donors (Lipinski definition) is 2. The number of nitrogens with one attached hydrogen (secondary N) is 1. The van der Waals surface area contributed by atoms with Crippen LogP contribution in [0.3, 0.4) is 0 Å². The van der Waals surface area contributed by atoms with Crippen LogP contribution in [0.2, 0.25) is 0 Å². The van der Waals surface area contributed by atoms with Crippen molar-refractivity contribution in [1.29, 1.82) is 0 Å². The fourth-order valence-corrected chi connectivity index (χ4v) is 1.74. The quantitative estimate of drug-likeness (QED) is 0.767. The molecule has 2 heterocycles. The van der Waals surface area contributed by atoms with Crippen LogP contribution in [0.15, 0.2) is 47.0 Å². The molecule has 0 radical (unpaired) electrons. The normalized spacial score (nSPS) is 10.5. The molecular weight excluding hydrogens is 275 g/mol. The van der Waals surface area contributed by atoms with Crippen LogP contribution in [0.1, 0.15) is 5.89 Å². The summed E-state index contributed by atoms with van der Waals surface area (Å²) in [6, 6.07) is 9.23. The van der Waals surface area contributed by atoms with Crippen LogP contribution in [-0.4, -0.2) is 20.3 Å². The van der Waals surface area contributed by atoms with Gasteiger partial charge in [-0.3, -0.25) is 0 Å². The average molecular weight is 286 g/mol. The molecule has 0 saturated heterocycles. The van der Waals surface area contributed by atoms with E-state index in [0.29, 0.717) is 18.0 Å². The molecule has 0 fully saturated rings. The molecule has 106 valence electrons. The number of pyridine rings is 1. The molecule has 3 aromatic rings. The van der Waals surface area contributed by atoms with Crippen LogP contribution in [-0.2, 0) is 6.54 Å². The highest BCUT2D eigenvalue weighted by Gasteiger charge is 2.12. The van der Waals surface area contributed by atoms with E-state index in [1.54, 1.807) is 24.3 Å². The first-order chi connectivity index (χ1) is 10.2. The maximum Gasteiger partial charge on any atom is 0.253 e. The van der Waals surface area contributed by atoms with Gasteiger partial charge in [0.2, 0.25) is 11.8 Å². The van der Waals surface area contributed by atoms with Crippen molar-refractivity contribution in [1.82, 2.24) is 15.2 Å². The van der Waals surface area contributed by atoms with Crippen molar-refractivity contribution in [2.75, 3.05) is 5.32 Å². The summed E-state index contributed by atoms with van der Waals surface area (Å²) in [6.45, 7) is 0.291. The first kappa shape index (κ1) is 13.0. The van der Waals surface area contributed by atoms with E-state index in [1.807, 2.05) is 0 Å². The lowest BCUT2D eigenvalue weighted by atomic mass is 10.3. The lowest BCUT2D eigenvalue weighted by Gasteiger charge is -2.02. The molecular formula is C14H11FN4O2. The Bertz CT molecular complexity index is 743. The summed E-state index contributed by atoms with van der Waals surface area (Å²) in [5.74, 6) is 0.0703. The summed E-state index contributed by atoms with van der Waals surface area (Å²) >= 11 is 0. The Morgan fingerprint density at radius 2 is 1.95 bits per heavy atom. The second-order valence-electron chi connectivity index (χ2n) is 4.24. The maximum absolute atomic E-state index is 12.8. The lowest BCUT2D eigenvalue weighted by Crippen LogP contribution is -1.99. The van der Waals surface area contributed by atoms with Crippen molar-refractivity contribution in [3.05, 3.63) is 54.3 Å². The standard InChI is InChI=1S/C14H11FN4O2/c15-9-3-5-10(6-4-9)17-8-12-18-19-14(21-12)11-2-1-7-16-13(11)20/h1-7,17H,8H2,(H,16,20). The predicted molar refractivity (Wildman–Crippen MR) is 72.9 cm³/mol. The summed E-state index contributed by atoms with van der Waals surface area (Å²) in [6.07, 6.45) is 1.46. The fourth-order valence-electron chi connectivity index (χ4n) is 1.74. The van der Waals surface area contributed by atoms with E-state index >= 15 is 0 Å². The van der Waals surface area contributed by atoms with Gasteiger partial charge in [0.15, 0.2) is 0 Å². The molecule has 21 heavy (non-hydrogen) atoms. The number of aromatic nitrogens is 3. The Kier molecular flexibility index (Phi) is 3.46. The third kappa shape index (κ3) is 2.97. The van der Waals surface area contributed by atoms with E-state index in [4.69, 9.17) is 4.42 Å². The summed E-state index contributed by atoms with van der Waals surface area (Å²) in [4.78, 5) is 3.74. The van der Waals surface area contributed by atoms with E-state index in [9.17, 15) is 9.50 Å². The van der Waals surface area contributed by atoms with Crippen LogP contribution >= 0.6 is 0 Å². The van der Waals surface area contributed by atoms with Crippen molar-refractivity contribution in [3.63, 3.8) is 0 Å². The third-order valence-corrected chi connectivity index (χ3v) is 2.77. The van der Waals surface area contributed by atoms with Gasteiger partial charge < -0.3 is 14.8 Å². The van der Waals surface area contributed by atoms with Crippen LogP contribution in [0.5, 0.6) is 5.88 Å². The second-order valence-corrected chi connectivity index (χ2v) is 4.24. The number of nitrogens with zero attached hydrogens (tertiary/aromatic N) is 3. The number of aromatic hydroxyl groups is 1. The Balaban J connectivity index is 1.71. The highest BCUT2D eigenvalue weighted by Crippen LogP contribution is 2.25. The van der Waals surface area contributed by atoms with Gasteiger partial charge in [0.1, 0.15) is 11.4 Å². The van der Waals surface area contributed by atoms with Crippen molar-refractivity contribution in [3.8, 4) is 17.3 Å². The Morgan fingerprint density at radius 3 is 2.71 bits per heavy atom. The maximum atomic E-state index is 12.8. The van der Waals surface area contributed by atoms with Crippen LogP contribution in [0.25, 0.3) is 11.5 Å². The molecule has 3 rings (SSSR count). The molecule has 0 aliphatic heterocycles. The molecule has 0 amide bonds. The molecule has 0 spiro atoms. The van der Waals surface area contributed by atoms with Gasteiger partial charge >= 0.3 is 0 Å². The molecule has 7 heteroatoms. The van der Waals surface area contributed by atoms with Gasteiger partial charge in [-0.1, -0.05) is 0 Å². The van der Waals surface area contributed by atoms with Crippen LogP contribution < -0.4 is 5.32 Å². The van der Waals surface area contributed by atoms with Crippen LogP contribution in [0.4, 0.5) is 10.1 Å². The van der Waals surface area contributed by atoms with Crippen molar-refractivity contribution in [2.45, 2.75) is 6.54 Å². The SMILES string of the molecule is Oc1ncccc1-c1nnc(CNc2ccc(F)cc2)o1. The number of halogens is 1. The largest absolute Gasteiger partial charge is 0.493 e. The smallest absolute Gasteiger partial charge is 0.253 e. The zero-order valence-electron chi connectivity index (χ0n) is 10.8. The van der Waals surface area contributed by atoms with E-state index in [0.717, 1.165) is 5.69 Å². The molecule has 0 aliphatic rings. The summed E-state index contributed by atoms with van der Waals surface area (Å²) in [5, 5.41) is 20.4. The molecule has 1 aromatic carbocycles. The topological polar surface area (TPSA) is 84.1 Å². The minimum Gasteiger partial charge on any atom is -0.493 e. The van der Waals surface area contributed by atoms with E-state index in [1.165, 1.54) is 18.3 Å². The second kappa shape index (κ2) is 5.58. The molecule has 0 saturated carbocycles. The zero-order chi connectivity index (χ0) is 14.7. The first-order valence-electron chi connectivity index (χ1n) is 6.18. The van der Waals surface area contributed by atoms with Crippen molar-refractivity contribution < 1.29 is 13.9 Å². The van der Waals surface area contributed by atoms with Gasteiger partial charge in [-0.25, -0.2) is 9.37 Å². The fraction of sp³-hybridized carbons (Fsp3) is 0.0714. The van der Waals surface area contributed by atoms with E-state index < -0.39 is 0 Å². The van der Waals surface area contributed by atoms with E-state index in [2.05, 4.69) is 20.5 Å².